The van der Waals surface area contributed by atoms with E-state index in [9.17, 15) is 4.79 Å². The molecule has 1 aromatic heterocycles. The van der Waals surface area contributed by atoms with Gasteiger partial charge in [0.1, 0.15) is 0 Å². The molecule has 0 bridgehead atoms. The van der Waals surface area contributed by atoms with Crippen molar-refractivity contribution in [1.29, 1.82) is 0 Å². The zero-order valence-electron chi connectivity index (χ0n) is 16.6. The molecule has 4 aromatic rings. The lowest BCUT2D eigenvalue weighted by Gasteiger charge is -2.25. The van der Waals surface area contributed by atoms with E-state index in [0.29, 0.717) is 13.0 Å². The van der Waals surface area contributed by atoms with E-state index in [1.54, 1.807) is 0 Å². The summed E-state index contributed by atoms with van der Waals surface area (Å²) >= 11 is 0. The molecule has 5 rings (SSSR count). The van der Waals surface area contributed by atoms with Crippen LogP contribution in [0, 0.1) is 6.92 Å². The summed E-state index contributed by atoms with van der Waals surface area (Å²) in [6.45, 7) is 2.75. The Kier molecular flexibility index (Phi) is 4.44. The highest BCUT2D eigenvalue weighted by atomic mass is 16.2. The number of carbonyl (C=O) groups is 1. The molecule has 1 amide bonds. The van der Waals surface area contributed by atoms with Crippen LogP contribution < -0.4 is 0 Å². The van der Waals surface area contributed by atoms with E-state index in [2.05, 4.69) is 72.6 Å². The van der Waals surface area contributed by atoms with Gasteiger partial charge in [-0.1, -0.05) is 78.4 Å². The van der Waals surface area contributed by atoms with Crippen molar-refractivity contribution in [2.75, 3.05) is 0 Å². The summed E-state index contributed by atoms with van der Waals surface area (Å²) in [7, 11) is 0. The number of nitrogens with one attached hydrogen (secondary N) is 1. The van der Waals surface area contributed by atoms with Crippen molar-refractivity contribution in [3.63, 3.8) is 0 Å². The van der Waals surface area contributed by atoms with Gasteiger partial charge in [0.05, 0.1) is 6.04 Å². The van der Waals surface area contributed by atoms with Crippen LogP contribution in [0.25, 0.3) is 22.0 Å². The van der Waals surface area contributed by atoms with Gasteiger partial charge in [0, 0.05) is 35.1 Å². The van der Waals surface area contributed by atoms with E-state index in [4.69, 9.17) is 0 Å². The molecule has 3 aromatic carbocycles. The molecule has 1 fully saturated rings. The molecule has 3 heteroatoms. The van der Waals surface area contributed by atoms with Gasteiger partial charge >= 0.3 is 0 Å². The van der Waals surface area contributed by atoms with Crippen molar-refractivity contribution in [2.24, 2.45) is 0 Å². The Morgan fingerprint density at radius 1 is 0.931 bits per heavy atom. The number of H-pyrrole nitrogens is 1. The summed E-state index contributed by atoms with van der Waals surface area (Å²) in [4.78, 5) is 18.5. The first-order valence-electron chi connectivity index (χ1n) is 10.2. The third-order valence-corrected chi connectivity index (χ3v) is 5.93. The molecule has 0 aliphatic carbocycles. The van der Waals surface area contributed by atoms with Gasteiger partial charge in [0.2, 0.25) is 5.91 Å². The van der Waals surface area contributed by atoms with E-state index >= 15 is 0 Å². The van der Waals surface area contributed by atoms with Gasteiger partial charge in [-0.05, 0) is 30.5 Å². The van der Waals surface area contributed by atoms with Gasteiger partial charge in [-0.3, -0.25) is 4.79 Å². The van der Waals surface area contributed by atoms with Crippen molar-refractivity contribution in [3.05, 3.63) is 95.7 Å². The Bertz CT molecular complexity index is 1160. The van der Waals surface area contributed by atoms with Crippen molar-refractivity contribution >= 4 is 16.8 Å². The summed E-state index contributed by atoms with van der Waals surface area (Å²) in [5.74, 6) is 0.229. The normalized spacial score (nSPS) is 16.7. The van der Waals surface area contributed by atoms with Gasteiger partial charge in [-0.25, -0.2) is 0 Å². The smallest absolute Gasteiger partial charge is 0.223 e. The third kappa shape index (κ3) is 3.23. The van der Waals surface area contributed by atoms with Crippen molar-refractivity contribution in [2.45, 2.75) is 32.4 Å². The Hall–Kier alpha value is -3.33. The monoisotopic (exact) mass is 380 g/mol. The van der Waals surface area contributed by atoms with Gasteiger partial charge in [-0.2, -0.15) is 0 Å². The summed E-state index contributed by atoms with van der Waals surface area (Å²) in [6.07, 6.45) is 1.44. The molecule has 29 heavy (non-hydrogen) atoms. The highest BCUT2D eigenvalue weighted by Crippen LogP contribution is 2.42. The molecule has 0 radical (unpaired) electrons. The minimum atomic E-state index is 0.0615. The lowest BCUT2D eigenvalue weighted by Crippen LogP contribution is -2.27. The molecule has 1 aliphatic rings. The summed E-state index contributed by atoms with van der Waals surface area (Å²) < 4.78 is 0. The molecule has 1 atom stereocenters. The first-order chi connectivity index (χ1) is 14.2. The van der Waals surface area contributed by atoms with Crippen LogP contribution in [-0.2, 0) is 11.3 Å². The van der Waals surface area contributed by atoms with Gasteiger partial charge in [-0.15, -0.1) is 0 Å². The summed E-state index contributed by atoms with van der Waals surface area (Å²) in [6, 6.07) is 27.4. The van der Waals surface area contributed by atoms with Crippen LogP contribution in [0.4, 0.5) is 0 Å². The Balaban J connectivity index is 1.63. The van der Waals surface area contributed by atoms with E-state index < -0.39 is 0 Å². The minimum absolute atomic E-state index is 0.0615. The summed E-state index contributed by atoms with van der Waals surface area (Å²) in [5, 5.41) is 1.21. The number of aromatic nitrogens is 1. The number of aryl methyl sites for hydroxylation is 1. The lowest BCUT2D eigenvalue weighted by atomic mass is 9.97. The van der Waals surface area contributed by atoms with E-state index in [0.717, 1.165) is 17.6 Å². The molecule has 1 saturated heterocycles. The predicted molar refractivity (Wildman–Crippen MR) is 117 cm³/mol. The number of aromatic amines is 1. The second-order valence-electron chi connectivity index (χ2n) is 7.89. The zero-order chi connectivity index (χ0) is 19.8. The number of fused-ring (bicyclic) bond motifs is 1. The Labute approximate surface area is 171 Å². The number of likely N-dealkylation sites (tertiary alicyclic amines) is 1. The molecule has 0 saturated carbocycles. The number of rotatable bonds is 4. The zero-order valence-corrected chi connectivity index (χ0v) is 16.6. The van der Waals surface area contributed by atoms with Crippen LogP contribution in [-0.4, -0.2) is 15.8 Å². The van der Waals surface area contributed by atoms with Crippen molar-refractivity contribution in [1.82, 2.24) is 9.88 Å². The minimum Gasteiger partial charge on any atom is -0.356 e. The first kappa shape index (κ1) is 17.7. The van der Waals surface area contributed by atoms with Gasteiger partial charge in [0.25, 0.3) is 0 Å². The van der Waals surface area contributed by atoms with Gasteiger partial charge < -0.3 is 9.88 Å². The van der Waals surface area contributed by atoms with Crippen LogP contribution in [0.15, 0.2) is 78.9 Å². The largest absolute Gasteiger partial charge is 0.356 e. The molecule has 2 heterocycles. The second kappa shape index (κ2) is 7.25. The van der Waals surface area contributed by atoms with Crippen LogP contribution >= 0.6 is 0 Å². The second-order valence-corrected chi connectivity index (χ2v) is 7.89. The predicted octanol–water partition coefficient (Wildman–Crippen LogP) is 6.01. The molecule has 1 N–H and O–H groups in total. The first-order valence-corrected chi connectivity index (χ1v) is 10.2. The molecular formula is C26H24N2O. The fourth-order valence-corrected chi connectivity index (χ4v) is 4.46. The molecule has 1 aliphatic heterocycles. The fraction of sp³-hybridized carbons (Fsp3) is 0.192. The number of amides is 1. The average Bonchev–Trinajstić information content (AvgIpc) is 3.30. The number of carbonyl (C=O) groups excluding carboxylic acids is 1. The van der Waals surface area contributed by atoms with Crippen LogP contribution in [0.1, 0.15) is 35.7 Å². The van der Waals surface area contributed by atoms with E-state index in [1.807, 2.05) is 23.1 Å². The molecular weight excluding hydrogens is 356 g/mol. The van der Waals surface area contributed by atoms with E-state index in [-0.39, 0.29) is 11.9 Å². The topological polar surface area (TPSA) is 36.1 Å². The van der Waals surface area contributed by atoms with E-state index in [1.165, 1.54) is 27.6 Å². The number of hydrogen-bond donors (Lipinski definition) is 1. The number of para-hydroxylation sites is 1. The standard InChI is InChI=1S/C26H24N2O/c1-18-11-13-20(14-12-18)25-21-9-5-6-10-22(21)27-26(25)23-15-16-24(29)28(23)17-19-7-3-2-4-8-19/h2-14,23,27H,15-17H2,1H3. The average molecular weight is 380 g/mol. The van der Waals surface area contributed by atoms with Crippen molar-refractivity contribution in [3.8, 4) is 11.1 Å². The van der Waals surface area contributed by atoms with Crippen LogP contribution in [0.5, 0.6) is 0 Å². The molecule has 1 unspecified atom stereocenters. The maximum atomic E-state index is 12.8. The number of hydrogen-bond acceptors (Lipinski definition) is 1. The molecule has 144 valence electrons. The quantitative estimate of drug-likeness (QED) is 0.463. The highest BCUT2D eigenvalue weighted by molar-refractivity contribution is 5.98. The fourth-order valence-electron chi connectivity index (χ4n) is 4.46. The number of nitrogens with zero attached hydrogens (tertiary/aromatic N) is 1. The van der Waals surface area contributed by atoms with Crippen LogP contribution in [0.2, 0.25) is 0 Å². The summed E-state index contributed by atoms with van der Waals surface area (Å²) in [5.41, 5.74) is 7.10. The molecule has 0 spiro atoms. The number of benzene rings is 3. The highest BCUT2D eigenvalue weighted by Gasteiger charge is 2.35. The maximum Gasteiger partial charge on any atom is 0.223 e. The Morgan fingerprint density at radius 2 is 1.66 bits per heavy atom. The third-order valence-electron chi connectivity index (χ3n) is 5.93. The molecule has 3 nitrogen and oxygen atoms in total. The van der Waals surface area contributed by atoms with Crippen molar-refractivity contribution < 1.29 is 4.79 Å². The van der Waals surface area contributed by atoms with Gasteiger partial charge in [0.15, 0.2) is 0 Å². The Morgan fingerprint density at radius 3 is 2.45 bits per heavy atom. The lowest BCUT2D eigenvalue weighted by molar-refractivity contribution is -0.129. The van der Waals surface area contributed by atoms with Crippen LogP contribution in [0.3, 0.4) is 0 Å². The maximum absolute atomic E-state index is 12.8. The SMILES string of the molecule is Cc1ccc(-c2c(C3CCC(=O)N3Cc3ccccc3)[nH]c3ccccc23)cc1.